The van der Waals surface area contributed by atoms with E-state index in [9.17, 15) is 13.2 Å². The number of carbonyl (C=O) groups is 1. The third-order valence-corrected chi connectivity index (χ3v) is 5.58. The number of carbonyl (C=O) groups excluding carboxylic acids is 1. The van der Waals surface area contributed by atoms with Gasteiger partial charge in [-0.2, -0.15) is 0 Å². The molecule has 29 heavy (non-hydrogen) atoms. The molecule has 5 nitrogen and oxygen atoms in total. The Morgan fingerprint density at radius 2 is 1.34 bits per heavy atom. The van der Waals surface area contributed by atoms with Crippen LogP contribution in [0.1, 0.15) is 15.9 Å². The van der Waals surface area contributed by atoms with Crippen molar-refractivity contribution < 1.29 is 13.2 Å². The van der Waals surface area contributed by atoms with Crippen LogP contribution in [-0.2, 0) is 10.0 Å². The second-order valence-corrected chi connectivity index (χ2v) is 8.15. The van der Waals surface area contributed by atoms with Gasteiger partial charge in [0.1, 0.15) is 0 Å². The lowest BCUT2D eigenvalue weighted by atomic mass is 9.98. The average Bonchev–Trinajstić information content (AvgIpc) is 3.19. The molecule has 0 radical (unpaired) electrons. The smallest absolute Gasteiger partial charge is 0.238 e. The van der Waals surface area contributed by atoms with Crippen LogP contribution in [0.2, 0.25) is 0 Å². The molecule has 0 aliphatic rings. The monoisotopic (exact) mass is 402 g/mol. The van der Waals surface area contributed by atoms with Gasteiger partial charge in [0.2, 0.25) is 10.0 Å². The van der Waals surface area contributed by atoms with Crippen molar-refractivity contribution in [2.45, 2.75) is 4.90 Å². The Kier molecular flexibility index (Phi) is 4.88. The fourth-order valence-electron chi connectivity index (χ4n) is 3.19. The minimum absolute atomic E-state index is 0.0391. The van der Waals surface area contributed by atoms with E-state index in [0.29, 0.717) is 11.1 Å². The molecule has 4 rings (SSSR count). The maximum atomic E-state index is 13.2. The quantitative estimate of drug-likeness (QED) is 0.512. The minimum Gasteiger partial charge on any atom is -0.322 e. The van der Waals surface area contributed by atoms with E-state index in [-0.39, 0.29) is 10.7 Å². The third-order valence-electron chi connectivity index (χ3n) is 4.66. The summed E-state index contributed by atoms with van der Waals surface area (Å²) in [6, 6.07) is 25.0. The fourth-order valence-corrected chi connectivity index (χ4v) is 3.70. The number of benzene rings is 3. The number of sulfonamides is 1. The van der Waals surface area contributed by atoms with Gasteiger partial charge in [-0.05, 0) is 29.8 Å². The number of hydrogen-bond donors (Lipinski definition) is 1. The maximum absolute atomic E-state index is 13.2. The largest absolute Gasteiger partial charge is 0.322 e. The first-order valence-corrected chi connectivity index (χ1v) is 10.5. The predicted octanol–water partition coefficient (Wildman–Crippen LogP) is 4.02. The maximum Gasteiger partial charge on any atom is 0.238 e. The van der Waals surface area contributed by atoms with Crippen LogP contribution in [0.25, 0.3) is 16.8 Å². The normalized spacial score (nSPS) is 11.3. The van der Waals surface area contributed by atoms with Crippen molar-refractivity contribution in [2.24, 2.45) is 5.14 Å². The van der Waals surface area contributed by atoms with Gasteiger partial charge >= 0.3 is 0 Å². The van der Waals surface area contributed by atoms with Crippen molar-refractivity contribution >= 4 is 15.8 Å². The Balaban J connectivity index is 1.83. The summed E-state index contributed by atoms with van der Waals surface area (Å²) in [5.74, 6) is -0.0793. The zero-order valence-corrected chi connectivity index (χ0v) is 16.2. The summed E-state index contributed by atoms with van der Waals surface area (Å²) in [4.78, 5) is 13.2. The van der Waals surface area contributed by atoms with Crippen molar-refractivity contribution in [3.8, 4) is 16.8 Å². The SMILES string of the molecule is NS(=O)(=O)c1ccc(-n2cc(C(=O)c3ccccc3)c(-c3ccccc3)c2)cc1. The summed E-state index contributed by atoms with van der Waals surface area (Å²) in [5.41, 5.74) is 3.62. The second-order valence-electron chi connectivity index (χ2n) is 6.59. The highest BCUT2D eigenvalue weighted by molar-refractivity contribution is 7.89. The van der Waals surface area contributed by atoms with Crippen LogP contribution in [0.15, 0.2) is 102 Å². The van der Waals surface area contributed by atoms with Crippen molar-refractivity contribution in [3.05, 3.63) is 108 Å². The standard InChI is InChI=1S/C23H18N2O3S/c24-29(27,28)20-13-11-19(12-14-20)25-15-21(17-7-3-1-4-8-17)22(16-25)23(26)18-9-5-2-6-10-18/h1-16H,(H2,24,27,28). The Hall–Kier alpha value is -3.48. The lowest BCUT2D eigenvalue weighted by Gasteiger charge is -2.04. The molecule has 0 saturated carbocycles. The average molecular weight is 402 g/mol. The molecule has 0 aliphatic heterocycles. The molecule has 0 unspecified atom stereocenters. The van der Waals surface area contributed by atoms with Crippen LogP contribution in [-0.4, -0.2) is 18.8 Å². The number of aromatic nitrogens is 1. The summed E-state index contributed by atoms with van der Waals surface area (Å²) in [5, 5.41) is 5.17. The number of hydrogen-bond acceptors (Lipinski definition) is 3. The molecule has 0 spiro atoms. The molecule has 1 heterocycles. The molecule has 4 aromatic rings. The molecular weight excluding hydrogens is 384 g/mol. The van der Waals surface area contributed by atoms with Gasteiger partial charge in [0.05, 0.1) is 4.90 Å². The second kappa shape index (κ2) is 7.50. The van der Waals surface area contributed by atoms with Crippen molar-refractivity contribution in [1.29, 1.82) is 0 Å². The highest BCUT2D eigenvalue weighted by atomic mass is 32.2. The van der Waals surface area contributed by atoms with Crippen molar-refractivity contribution in [3.63, 3.8) is 0 Å². The summed E-state index contributed by atoms with van der Waals surface area (Å²) < 4.78 is 24.8. The van der Waals surface area contributed by atoms with Crippen LogP contribution < -0.4 is 5.14 Å². The summed E-state index contributed by atoms with van der Waals surface area (Å²) >= 11 is 0. The molecule has 3 aromatic carbocycles. The summed E-state index contributed by atoms with van der Waals surface area (Å²) in [6.07, 6.45) is 3.64. The molecule has 1 aromatic heterocycles. The van der Waals surface area contributed by atoms with Crippen LogP contribution in [0.4, 0.5) is 0 Å². The van der Waals surface area contributed by atoms with Gasteiger partial charge in [0, 0.05) is 34.8 Å². The third kappa shape index (κ3) is 3.89. The molecule has 0 amide bonds. The Morgan fingerprint density at radius 3 is 1.93 bits per heavy atom. The van der Waals surface area contributed by atoms with Gasteiger partial charge in [0.15, 0.2) is 5.78 Å². The van der Waals surface area contributed by atoms with Crippen LogP contribution in [0.5, 0.6) is 0 Å². The first-order valence-electron chi connectivity index (χ1n) is 8.94. The highest BCUT2D eigenvalue weighted by Gasteiger charge is 2.18. The Morgan fingerprint density at radius 1 is 0.759 bits per heavy atom. The van der Waals surface area contributed by atoms with E-state index >= 15 is 0 Å². The van der Waals surface area contributed by atoms with E-state index < -0.39 is 10.0 Å². The zero-order valence-electron chi connectivity index (χ0n) is 15.4. The van der Waals surface area contributed by atoms with Crippen LogP contribution in [0, 0.1) is 0 Å². The number of ketones is 1. The van der Waals surface area contributed by atoms with Gasteiger partial charge < -0.3 is 4.57 Å². The lowest BCUT2D eigenvalue weighted by molar-refractivity contribution is 0.103. The first kappa shape index (κ1) is 18.9. The topological polar surface area (TPSA) is 82.2 Å². The van der Waals surface area contributed by atoms with E-state index in [0.717, 1.165) is 16.8 Å². The van der Waals surface area contributed by atoms with Gasteiger partial charge in [0.25, 0.3) is 0 Å². The van der Waals surface area contributed by atoms with Gasteiger partial charge in [-0.25, -0.2) is 13.6 Å². The molecule has 6 heteroatoms. The highest BCUT2D eigenvalue weighted by Crippen LogP contribution is 2.29. The van der Waals surface area contributed by atoms with E-state index in [2.05, 4.69) is 0 Å². The molecule has 0 aliphatic carbocycles. The van der Waals surface area contributed by atoms with Gasteiger partial charge in [-0.15, -0.1) is 0 Å². The minimum atomic E-state index is -3.76. The summed E-state index contributed by atoms with van der Waals surface area (Å²) in [6.45, 7) is 0. The first-order chi connectivity index (χ1) is 13.9. The zero-order chi connectivity index (χ0) is 20.4. The fraction of sp³-hybridized carbons (Fsp3) is 0. The number of nitrogens with zero attached hydrogens (tertiary/aromatic N) is 1. The predicted molar refractivity (Wildman–Crippen MR) is 112 cm³/mol. The summed E-state index contributed by atoms with van der Waals surface area (Å²) in [7, 11) is -3.76. The van der Waals surface area contributed by atoms with E-state index in [4.69, 9.17) is 5.14 Å². The number of primary sulfonamides is 1. The van der Waals surface area contributed by atoms with Crippen LogP contribution >= 0.6 is 0 Å². The van der Waals surface area contributed by atoms with Gasteiger partial charge in [-0.1, -0.05) is 60.7 Å². The molecule has 0 fully saturated rings. The number of nitrogens with two attached hydrogens (primary N) is 1. The van der Waals surface area contributed by atoms with Crippen molar-refractivity contribution in [1.82, 2.24) is 4.57 Å². The molecule has 144 valence electrons. The Bertz CT molecular complexity index is 1260. The van der Waals surface area contributed by atoms with E-state index in [1.807, 2.05) is 59.3 Å². The van der Waals surface area contributed by atoms with E-state index in [1.165, 1.54) is 12.1 Å². The Labute approximate surface area is 169 Å². The van der Waals surface area contributed by atoms with E-state index in [1.54, 1.807) is 30.5 Å². The number of rotatable bonds is 5. The lowest BCUT2D eigenvalue weighted by Crippen LogP contribution is -2.11. The van der Waals surface area contributed by atoms with Crippen molar-refractivity contribution in [2.75, 3.05) is 0 Å². The van der Waals surface area contributed by atoms with Crippen LogP contribution in [0.3, 0.4) is 0 Å². The molecule has 0 saturated heterocycles. The molecule has 2 N–H and O–H groups in total. The molecular formula is C23H18N2O3S. The van der Waals surface area contributed by atoms with Gasteiger partial charge in [-0.3, -0.25) is 4.79 Å². The molecule has 0 bridgehead atoms. The molecule has 0 atom stereocenters.